The Balaban J connectivity index is 1.54. The molecule has 2 heterocycles. The van der Waals surface area contributed by atoms with Gasteiger partial charge < -0.3 is 45.6 Å². The van der Waals surface area contributed by atoms with E-state index in [1.54, 1.807) is 49.1 Å². The number of fused-ring (bicyclic) bond motifs is 2. The predicted molar refractivity (Wildman–Crippen MR) is 330 cm³/mol. The van der Waals surface area contributed by atoms with Crippen LogP contribution in [0.2, 0.25) is 0 Å². The first-order valence-electron chi connectivity index (χ1n) is 31.0. The Morgan fingerprint density at radius 3 is 1.76 bits per heavy atom. The number of ketones is 2. The van der Waals surface area contributed by atoms with Crippen LogP contribution >= 0.6 is 0 Å². The Morgan fingerprint density at radius 1 is 0.605 bits per heavy atom. The average Bonchev–Trinajstić information content (AvgIpc) is 2.45. The van der Waals surface area contributed by atoms with E-state index in [9.17, 15) is 48.3 Å². The van der Waals surface area contributed by atoms with E-state index in [0.717, 1.165) is 40.9 Å². The molecule has 1 unspecified atom stereocenters. The summed E-state index contributed by atoms with van der Waals surface area (Å²) in [5, 5.41) is 19.6. The molecule has 86 heavy (non-hydrogen) atoms. The zero-order valence-corrected chi connectivity index (χ0v) is 52.7. The number of benzene rings is 3. The molecule has 2 bridgehead atoms. The fraction of sp³-hybridized carbons (Fsp3) is 0.582. The normalized spacial score (nSPS) is 24.8. The molecule has 2 aliphatic rings. The minimum atomic E-state index is -1.58. The zero-order valence-electron chi connectivity index (χ0n) is 52.7. The maximum atomic E-state index is 15.0. The third kappa shape index (κ3) is 19.9. The van der Waals surface area contributed by atoms with Gasteiger partial charge in [0.25, 0.3) is 0 Å². The molecule has 3 aromatic rings. The Hall–Kier alpha value is -7.28. The second-order valence-electron chi connectivity index (χ2n) is 24.6. The topological polar surface area (TPSA) is 243 Å². The molecule has 3 aromatic carbocycles. The molecule has 1 saturated heterocycles. The van der Waals surface area contributed by atoms with Crippen molar-refractivity contribution in [2.24, 2.45) is 29.6 Å². The van der Waals surface area contributed by atoms with E-state index in [1.165, 1.54) is 49.7 Å². The van der Waals surface area contributed by atoms with Crippen molar-refractivity contribution in [1.82, 2.24) is 40.4 Å². The Kier molecular flexibility index (Phi) is 27.1. The number of piperidine rings is 1. The molecule has 0 aromatic heterocycles. The van der Waals surface area contributed by atoms with Crippen LogP contribution in [0.5, 0.6) is 0 Å². The van der Waals surface area contributed by atoms with Crippen molar-refractivity contribution in [3.63, 3.8) is 0 Å². The van der Waals surface area contributed by atoms with Gasteiger partial charge in [-0.25, -0.2) is 0 Å². The molecule has 0 spiro atoms. The van der Waals surface area contributed by atoms with E-state index in [2.05, 4.69) is 16.0 Å². The number of likely N-dealkylation sites (tertiary alicyclic amines) is 1. The van der Waals surface area contributed by atoms with Crippen LogP contribution < -0.4 is 16.0 Å². The smallest absolute Gasteiger partial charge is 0.247 e. The highest BCUT2D eigenvalue weighted by Crippen LogP contribution is 2.25. The molecular formula is C67H96N8O11. The van der Waals surface area contributed by atoms with Crippen molar-refractivity contribution >= 4 is 58.8 Å². The summed E-state index contributed by atoms with van der Waals surface area (Å²) in [5.41, 5.74) is 3.25. The fourth-order valence-electron chi connectivity index (χ4n) is 11.6. The van der Waals surface area contributed by atoms with Crippen LogP contribution in [0.1, 0.15) is 129 Å². The number of hydrogen-bond donors (Lipinski definition) is 4. The molecule has 8 amide bonds. The van der Waals surface area contributed by atoms with Gasteiger partial charge in [-0.3, -0.25) is 47.9 Å². The van der Waals surface area contributed by atoms with Gasteiger partial charge >= 0.3 is 0 Å². The lowest BCUT2D eigenvalue weighted by Gasteiger charge is -2.36. The number of aryl methyl sites for hydroxylation is 1. The molecule has 9 atom stereocenters. The molecule has 19 nitrogen and oxygen atoms in total. The van der Waals surface area contributed by atoms with Crippen molar-refractivity contribution in [3.8, 4) is 0 Å². The molecule has 4 N–H and O–H groups in total. The number of nitrogens with one attached hydrogen (secondary N) is 3. The molecule has 0 aliphatic carbocycles. The summed E-state index contributed by atoms with van der Waals surface area (Å²) in [6, 6.07) is 19.9. The van der Waals surface area contributed by atoms with Crippen LogP contribution in [0.4, 0.5) is 0 Å². The van der Waals surface area contributed by atoms with Crippen molar-refractivity contribution < 1.29 is 53.1 Å². The maximum Gasteiger partial charge on any atom is 0.247 e. The first-order chi connectivity index (χ1) is 40.8. The second kappa shape index (κ2) is 33.6. The number of likely N-dealkylation sites (N-methyl/N-ethyl adjacent to an activating group) is 4. The van der Waals surface area contributed by atoms with E-state index in [0.29, 0.717) is 44.3 Å². The number of rotatable bonds is 11. The summed E-state index contributed by atoms with van der Waals surface area (Å²) >= 11 is 0. The third-order valence-electron chi connectivity index (χ3n) is 16.9. The summed E-state index contributed by atoms with van der Waals surface area (Å²) in [4.78, 5) is 151. The lowest BCUT2D eigenvalue weighted by molar-refractivity contribution is -0.151. The maximum absolute atomic E-state index is 15.0. The molecule has 470 valence electrons. The largest absolute Gasteiger partial charge is 0.391 e. The monoisotopic (exact) mass is 1190 g/mol. The number of nitrogens with zero attached hydrogens (tertiary/aromatic N) is 5. The van der Waals surface area contributed by atoms with Crippen LogP contribution in [0.3, 0.4) is 0 Å². The van der Waals surface area contributed by atoms with Crippen LogP contribution in [-0.4, -0.2) is 179 Å². The molecule has 0 radical (unpaired) electrons. The van der Waals surface area contributed by atoms with Crippen molar-refractivity contribution in [2.45, 2.75) is 169 Å². The molecule has 5 rings (SSSR count). The van der Waals surface area contributed by atoms with Gasteiger partial charge in [-0.2, -0.15) is 0 Å². The molecule has 2 aliphatic heterocycles. The number of amides is 8. The average molecular weight is 1190 g/mol. The van der Waals surface area contributed by atoms with E-state index in [1.807, 2.05) is 82.3 Å². The summed E-state index contributed by atoms with van der Waals surface area (Å²) in [7, 11) is 4.19. The van der Waals surface area contributed by atoms with Crippen LogP contribution in [0.15, 0.2) is 84.9 Å². The summed E-state index contributed by atoms with van der Waals surface area (Å²) in [6.45, 7) is 14.0. The van der Waals surface area contributed by atoms with Gasteiger partial charge in [0.05, 0.1) is 25.1 Å². The van der Waals surface area contributed by atoms with E-state index in [4.69, 9.17) is 0 Å². The summed E-state index contributed by atoms with van der Waals surface area (Å²) in [6.07, 6.45) is 3.72. The number of hydrogen-bond acceptors (Lipinski definition) is 11. The number of Topliss-reactive ketones (excluding diaryl/α,β-unsaturated/α-hetero) is 2. The first-order valence-corrected chi connectivity index (χ1v) is 31.0. The van der Waals surface area contributed by atoms with Crippen molar-refractivity contribution in [3.05, 3.63) is 107 Å². The van der Waals surface area contributed by atoms with E-state index in [-0.39, 0.29) is 62.3 Å². The minimum absolute atomic E-state index is 0.0157. The van der Waals surface area contributed by atoms with Crippen molar-refractivity contribution in [1.29, 1.82) is 0 Å². The molecular weight excluding hydrogens is 1090 g/mol. The van der Waals surface area contributed by atoms with E-state index >= 15 is 4.79 Å². The fourth-order valence-corrected chi connectivity index (χ4v) is 11.6. The Bertz CT molecular complexity index is 2790. The van der Waals surface area contributed by atoms with Crippen molar-refractivity contribution in [2.75, 3.05) is 53.9 Å². The minimum Gasteiger partial charge on any atom is -0.391 e. The van der Waals surface area contributed by atoms with Gasteiger partial charge in [0, 0.05) is 78.3 Å². The molecule has 1 fully saturated rings. The van der Waals surface area contributed by atoms with Gasteiger partial charge in [0.2, 0.25) is 47.3 Å². The highest BCUT2D eigenvalue weighted by atomic mass is 16.3. The SMILES string of the molecule is CCN1C(=O)CCCCc2cccc(c2)C[C@@H](C(=O)N2CCCCC2)NC(=O)[C@H](CC(C)C)C(C)C(=O)CN(C)C(=O)[C@H]([C@@H](C)O)NC(=O)[C@H](CC(C)C)N(C)C(=O)[C@H](Cc2ccccc2)N(C)C(=O)[C@H](C)C(=O)CNC(=O)[C@@H]1Cc1ccccc1. The third-order valence-corrected chi connectivity index (χ3v) is 16.9. The lowest BCUT2D eigenvalue weighted by atomic mass is 9.82. The highest BCUT2D eigenvalue weighted by Gasteiger charge is 2.41. The van der Waals surface area contributed by atoms with Crippen LogP contribution in [0, 0.1) is 29.6 Å². The quantitative estimate of drug-likeness (QED) is 0.178. The Morgan fingerprint density at radius 2 is 1.17 bits per heavy atom. The molecule has 19 heteroatoms. The van der Waals surface area contributed by atoms with Crippen LogP contribution in [0.25, 0.3) is 0 Å². The summed E-state index contributed by atoms with van der Waals surface area (Å²) < 4.78 is 0. The number of aliphatic hydroxyl groups excluding tert-OH is 1. The van der Waals surface area contributed by atoms with Gasteiger partial charge in [0.1, 0.15) is 30.2 Å². The lowest BCUT2D eigenvalue weighted by Crippen LogP contribution is -2.60. The number of aliphatic hydroxyl groups is 1. The number of carbonyl (C=O) groups excluding carboxylic acids is 10. The Labute approximate surface area is 509 Å². The predicted octanol–water partition coefficient (Wildman–Crippen LogP) is 5.37. The zero-order chi connectivity index (χ0) is 63.4. The van der Waals surface area contributed by atoms with Gasteiger partial charge in [-0.15, -0.1) is 0 Å². The highest BCUT2D eigenvalue weighted by molar-refractivity contribution is 6.04. The van der Waals surface area contributed by atoms with E-state index < -0.39 is 114 Å². The van der Waals surface area contributed by atoms with Gasteiger partial charge in [-0.05, 0) is 106 Å². The molecule has 0 saturated carbocycles. The van der Waals surface area contributed by atoms with Gasteiger partial charge in [-0.1, -0.05) is 120 Å². The number of carbonyl (C=O) groups is 10. The van der Waals surface area contributed by atoms with Crippen LogP contribution in [-0.2, 0) is 73.6 Å². The summed E-state index contributed by atoms with van der Waals surface area (Å²) in [5.74, 6) is -8.98. The first kappa shape index (κ1) is 69.5. The second-order valence-corrected chi connectivity index (χ2v) is 24.6. The standard InChI is InChI=1S/C67H96N8O11/c1-12-75-55(39-49-25-16-13-17-26-49)62(81)68-41-57(77)46(7)64(83)73(11)56(40-50-27-18-14-19-28-50)66(85)72(10)54(36-44(4)5)63(82)70-60(47(8)76)67(86)71(9)42-58(78)45(6)52(35-43(2)3)61(80)69-53(65(84)74-33-22-15-23-34-74)38-51-31-24-30-48(37-51)29-20-21-32-59(75)79/h13-14,16-19,24-28,30-31,37,43-47,52-56,60,76H,12,15,20-23,29,32-36,38-42H2,1-11H3,(H,68,81)(H,69,80)(H,70,82)/t45?,46-,47-,52-,53+,54+,55+,56+,60+/m1/s1. The van der Waals surface area contributed by atoms with Gasteiger partial charge in [0.15, 0.2) is 11.6 Å².